The summed E-state index contributed by atoms with van der Waals surface area (Å²) in [6.45, 7) is 4.40. The number of carbonyl (C=O) groups is 1. The third-order valence-corrected chi connectivity index (χ3v) is 7.15. The summed E-state index contributed by atoms with van der Waals surface area (Å²) in [5.41, 5.74) is 0. The van der Waals surface area contributed by atoms with E-state index in [1.807, 2.05) is 6.08 Å². The average molecular weight is 530 g/mol. The molecule has 0 aliphatic heterocycles. The van der Waals surface area contributed by atoms with E-state index in [4.69, 9.17) is 0 Å². The van der Waals surface area contributed by atoms with Crippen molar-refractivity contribution < 1.29 is 22.9 Å². The van der Waals surface area contributed by atoms with Crippen molar-refractivity contribution in [3.05, 3.63) is 24.3 Å². The van der Waals surface area contributed by atoms with Gasteiger partial charge in [0.1, 0.15) is 0 Å². The smallest absolute Gasteiger partial charge is 0.267 e. The Morgan fingerprint density at radius 1 is 0.722 bits per heavy atom. The van der Waals surface area contributed by atoms with Crippen LogP contribution in [0.1, 0.15) is 136 Å². The molecule has 2 unspecified atom stereocenters. The van der Waals surface area contributed by atoms with Gasteiger partial charge < -0.3 is 10.4 Å². The van der Waals surface area contributed by atoms with Gasteiger partial charge in [0.25, 0.3) is 10.1 Å². The highest BCUT2D eigenvalue weighted by Crippen LogP contribution is 2.11. The molecule has 6 nitrogen and oxygen atoms in total. The summed E-state index contributed by atoms with van der Waals surface area (Å²) in [6, 6.07) is -1.05. The number of hydrogen-bond donors (Lipinski definition) is 3. The zero-order valence-corrected chi connectivity index (χ0v) is 24.0. The van der Waals surface area contributed by atoms with Gasteiger partial charge in [-0.2, -0.15) is 8.42 Å². The van der Waals surface area contributed by atoms with Crippen LogP contribution < -0.4 is 5.32 Å². The third-order valence-electron chi connectivity index (χ3n) is 6.37. The monoisotopic (exact) mass is 529 g/mol. The number of allylic oxidation sites excluding steroid dienone is 3. The van der Waals surface area contributed by atoms with E-state index in [1.54, 1.807) is 0 Å². The van der Waals surface area contributed by atoms with Crippen LogP contribution in [0.4, 0.5) is 0 Å². The Balaban J connectivity index is 4.07. The number of nitrogens with one attached hydrogen (secondary N) is 1. The lowest BCUT2D eigenvalue weighted by Crippen LogP contribution is -2.46. The maximum atomic E-state index is 12.3. The number of amides is 1. The average Bonchev–Trinajstić information content (AvgIpc) is 2.82. The van der Waals surface area contributed by atoms with Crippen LogP contribution in [0.2, 0.25) is 0 Å². The molecule has 0 aromatic heterocycles. The van der Waals surface area contributed by atoms with Crippen LogP contribution in [-0.4, -0.2) is 41.9 Å². The predicted molar refractivity (Wildman–Crippen MR) is 152 cm³/mol. The standard InChI is InChI=1S/C29H55NO5S/c1-3-5-7-9-11-12-13-14-15-16-17-19-21-23-25-29(32)30-27(26-36(33,34)35)28(31)24-22-20-18-10-8-6-4-2/h13-14,22,24,27-28,31H,3-12,15-21,23,25-26H2,1-2H3,(H,30,32)(H,33,34,35)/b14-13-,24-22+. The summed E-state index contributed by atoms with van der Waals surface area (Å²) in [6.07, 6.45) is 27.5. The predicted octanol–water partition coefficient (Wildman–Crippen LogP) is 7.28. The normalized spacial score (nSPS) is 14.0. The van der Waals surface area contributed by atoms with E-state index in [1.165, 1.54) is 63.9 Å². The molecule has 0 aliphatic carbocycles. The van der Waals surface area contributed by atoms with E-state index in [0.29, 0.717) is 0 Å². The SMILES string of the molecule is CCCCCCC/C=C\CCCCCCCC(=O)NC(CS(=O)(=O)O)C(O)/C=C/CCCCCCC. The maximum Gasteiger partial charge on any atom is 0.267 e. The molecule has 36 heavy (non-hydrogen) atoms. The van der Waals surface area contributed by atoms with E-state index < -0.39 is 28.0 Å². The van der Waals surface area contributed by atoms with Crippen LogP contribution in [0.25, 0.3) is 0 Å². The first-order chi connectivity index (χ1) is 17.3. The van der Waals surface area contributed by atoms with Gasteiger partial charge in [-0.1, -0.05) is 109 Å². The van der Waals surface area contributed by atoms with Crippen LogP contribution in [0.3, 0.4) is 0 Å². The summed E-state index contributed by atoms with van der Waals surface area (Å²) in [7, 11) is -4.32. The van der Waals surface area contributed by atoms with E-state index in [9.17, 15) is 22.9 Å². The maximum absolute atomic E-state index is 12.3. The third kappa shape index (κ3) is 24.5. The fraction of sp³-hybridized carbons (Fsp3) is 0.828. The van der Waals surface area contributed by atoms with Crippen molar-refractivity contribution in [3.8, 4) is 0 Å². The Hall–Kier alpha value is -1.18. The lowest BCUT2D eigenvalue weighted by Gasteiger charge is -2.21. The van der Waals surface area contributed by atoms with Gasteiger partial charge in [-0.3, -0.25) is 9.35 Å². The van der Waals surface area contributed by atoms with Crippen molar-refractivity contribution in [1.82, 2.24) is 5.32 Å². The quantitative estimate of drug-likeness (QED) is 0.0654. The van der Waals surface area contributed by atoms with Gasteiger partial charge in [0, 0.05) is 6.42 Å². The van der Waals surface area contributed by atoms with Gasteiger partial charge in [-0.15, -0.1) is 0 Å². The molecule has 2 atom stereocenters. The number of aliphatic hydroxyl groups is 1. The highest BCUT2D eigenvalue weighted by atomic mass is 32.2. The highest BCUT2D eigenvalue weighted by Gasteiger charge is 2.24. The van der Waals surface area contributed by atoms with Gasteiger partial charge >= 0.3 is 0 Å². The molecule has 7 heteroatoms. The molecule has 212 valence electrons. The fourth-order valence-electron chi connectivity index (χ4n) is 4.15. The van der Waals surface area contributed by atoms with Crippen LogP contribution >= 0.6 is 0 Å². The topological polar surface area (TPSA) is 104 Å². The minimum absolute atomic E-state index is 0.285. The van der Waals surface area contributed by atoms with E-state index >= 15 is 0 Å². The molecule has 0 aromatic rings. The molecule has 0 saturated heterocycles. The van der Waals surface area contributed by atoms with Crippen molar-refractivity contribution in [1.29, 1.82) is 0 Å². The number of hydrogen-bond acceptors (Lipinski definition) is 4. The minimum Gasteiger partial charge on any atom is -0.387 e. The molecule has 0 radical (unpaired) electrons. The van der Waals surface area contributed by atoms with Crippen LogP contribution in [0.15, 0.2) is 24.3 Å². The molecule has 1 amide bonds. The second kappa shape index (κ2) is 24.2. The van der Waals surface area contributed by atoms with E-state index in [-0.39, 0.29) is 12.3 Å². The van der Waals surface area contributed by atoms with Crippen molar-refractivity contribution in [2.24, 2.45) is 0 Å². The van der Waals surface area contributed by atoms with Gasteiger partial charge in [-0.05, 0) is 44.9 Å². The summed E-state index contributed by atoms with van der Waals surface area (Å²) in [5.74, 6) is -0.995. The van der Waals surface area contributed by atoms with Crippen LogP contribution in [-0.2, 0) is 14.9 Å². The number of unbranched alkanes of at least 4 members (excludes halogenated alkanes) is 15. The Labute approximate surface area is 222 Å². The molecule has 3 N–H and O–H groups in total. The molecule has 0 fully saturated rings. The molecular weight excluding hydrogens is 474 g/mol. The summed E-state index contributed by atoms with van der Waals surface area (Å²) in [4.78, 5) is 12.3. The fourth-order valence-corrected chi connectivity index (χ4v) is 4.88. The number of aliphatic hydroxyl groups excluding tert-OH is 1. The molecule has 0 bridgehead atoms. The molecule has 0 spiro atoms. The largest absolute Gasteiger partial charge is 0.387 e. The summed E-state index contributed by atoms with van der Waals surface area (Å²) in [5, 5.41) is 13.0. The van der Waals surface area contributed by atoms with Gasteiger partial charge in [0.2, 0.25) is 5.91 Å². The summed E-state index contributed by atoms with van der Waals surface area (Å²) < 4.78 is 32.0. The molecule has 0 aromatic carbocycles. The molecule has 0 rings (SSSR count). The Kier molecular flexibility index (Phi) is 23.4. The Morgan fingerprint density at radius 3 is 1.67 bits per heavy atom. The van der Waals surface area contributed by atoms with Crippen molar-refractivity contribution in [3.63, 3.8) is 0 Å². The van der Waals surface area contributed by atoms with Crippen LogP contribution in [0.5, 0.6) is 0 Å². The number of carbonyl (C=O) groups excluding carboxylic acids is 1. The van der Waals surface area contributed by atoms with E-state index in [0.717, 1.165) is 57.8 Å². The molecular formula is C29H55NO5S. The summed E-state index contributed by atoms with van der Waals surface area (Å²) >= 11 is 0. The second-order valence-electron chi connectivity index (χ2n) is 10.0. The minimum atomic E-state index is -4.32. The molecule has 0 heterocycles. The molecule has 0 aliphatic rings. The lowest BCUT2D eigenvalue weighted by molar-refractivity contribution is -0.122. The second-order valence-corrected chi connectivity index (χ2v) is 11.5. The number of rotatable bonds is 25. The van der Waals surface area contributed by atoms with Gasteiger partial charge in [-0.25, -0.2) is 0 Å². The first-order valence-electron chi connectivity index (χ1n) is 14.5. The Bertz CT molecular complexity index is 675. The van der Waals surface area contributed by atoms with Gasteiger partial charge in [0.15, 0.2) is 0 Å². The van der Waals surface area contributed by atoms with Crippen molar-refractivity contribution >= 4 is 16.0 Å². The van der Waals surface area contributed by atoms with E-state index in [2.05, 4.69) is 31.3 Å². The molecule has 0 saturated carbocycles. The first kappa shape index (κ1) is 34.8. The first-order valence-corrected chi connectivity index (χ1v) is 16.1. The van der Waals surface area contributed by atoms with Crippen LogP contribution in [0, 0.1) is 0 Å². The zero-order chi connectivity index (χ0) is 26.9. The van der Waals surface area contributed by atoms with Crippen molar-refractivity contribution in [2.75, 3.05) is 5.75 Å². The van der Waals surface area contributed by atoms with Gasteiger partial charge in [0.05, 0.1) is 17.9 Å². The highest BCUT2D eigenvalue weighted by molar-refractivity contribution is 7.85. The Morgan fingerprint density at radius 2 is 1.17 bits per heavy atom. The lowest BCUT2D eigenvalue weighted by atomic mass is 10.1. The van der Waals surface area contributed by atoms with Crippen molar-refractivity contribution in [2.45, 2.75) is 148 Å². The zero-order valence-electron chi connectivity index (χ0n) is 23.1.